The van der Waals surface area contributed by atoms with E-state index in [2.05, 4.69) is 20.7 Å². The summed E-state index contributed by atoms with van der Waals surface area (Å²) < 4.78 is 28.4. The predicted molar refractivity (Wildman–Crippen MR) is 85.6 cm³/mol. The van der Waals surface area contributed by atoms with Crippen LogP contribution in [-0.4, -0.2) is 8.42 Å². The van der Waals surface area contributed by atoms with Crippen LogP contribution in [0.4, 0.5) is 5.69 Å². The van der Waals surface area contributed by atoms with Gasteiger partial charge in [0.25, 0.3) is 10.0 Å². The molecule has 0 saturated heterocycles. The van der Waals surface area contributed by atoms with Gasteiger partial charge in [0.2, 0.25) is 0 Å². The maximum Gasteiger partial charge on any atom is 0.262 e. The Morgan fingerprint density at radius 2 is 1.60 bits per heavy atom. The van der Waals surface area contributed by atoms with Crippen LogP contribution in [0.2, 0.25) is 0 Å². The van der Waals surface area contributed by atoms with Gasteiger partial charge in [0.05, 0.1) is 4.90 Å². The maximum atomic E-state index is 12.4. The molecule has 2 aromatic carbocycles. The second-order valence-corrected chi connectivity index (χ2v) is 7.34. The zero-order valence-corrected chi connectivity index (χ0v) is 14.0. The first-order chi connectivity index (χ1) is 9.29. The summed E-state index contributed by atoms with van der Waals surface area (Å²) in [4.78, 5) is 0.314. The van der Waals surface area contributed by atoms with Crippen molar-refractivity contribution in [1.82, 2.24) is 0 Å². The second kappa shape index (κ2) is 5.58. The number of sulfonamides is 1. The van der Waals surface area contributed by atoms with E-state index in [0.717, 1.165) is 21.2 Å². The number of aryl methyl sites for hydroxylation is 3. The second-order valence-electron chi connectivity index (χ2n) is 4.84. The van der Waals surface area contributed by atoms with E-state index in [-0.39, 0.29) is 0 Å². The van der Waals surface area contributed by atoms with Gasteiger partial charge in [-0.25, -0.2) is 8.42 Å². The van der Waals surface area contributed by atoms with E-state index in [0.29, 0.717) is 10.6 Å². The van der Waals surface area contributed by atoms with Gasteiger partial charge in [0, 0.05) is 10.2 Å². The number of halogens is 1. The van der Waals surface area contributed by atoms with Crippen LogP contribution in [0.3, 0.4) is 0 Å². The molecule has 5 heteroatoms. The first-order valence-electron chi connectivity index (χ1n) is 6.16. The highest BCUT2D eigenvalue weighted by Gasteiger charge is 2.17. The molecule has 0 radical (unpaired) electrons. The molecule has 0 aliphatic rings. The Balaban J connectivity index is 2.40. The number of benzene rings is 2. The highest BCUT2D eigenvalue weighted by Crippen LogP contribution is 2.24. The number of anilines is 1. The minimum Gasteiger partial charge on any atom is -0.280 e. The summed E-state index contributed by atoms with van der Waals surface area (Å²) in [6.07, 6.45) is 0. The zero-order chi connectivity index (χ0) is 14.9. The van der Waals surface area contributed by atoms with Crippen LogP contribution in [0, 0.1) is 20.8 Å². The fourth-order valence-corrected chi connectivity index (χ4v) is 3.62. The standard InChI is InChI=1S/C15H16BrNO2S/c1-10-4-5-12(3)15(8-10)20(18,19)17-13-7-6-11(2)14(16)9-13/h4-9,17H,1-3H3. The summed E-state index contributed by atoms with van der Waals surface area (Å²) in [7, 11) is -3.57. The van der Waals surface area contributed by atoms with Gasteiger partial charge in [-0.15, -0.1) is 0 Å². The van der Waals surface area contributed by atoms with Crippen LogP contribution in [-0.2, 0) is 10.0 Å². The van der Waals surface area contributed by atoms with Crippen molar-refractivity contribution in [2.75, 3.05) is 4.72 Å². The molecule has 0 spiro atoms. The molecule has 2 rings (SSSR count). The summed E-state index contributed by atoms with van der Waals surface area (Å²) in [6.45, 7) is 5.62. The third-order valence-corrected chi connectivity index (χ3v) is 5.43. The Morgan fingerprint density at radius 3 is 2.25 bits per heavy atom. The molecule has 0 atom stereocenters. The van der Waals surface area contributed by atoms with Crippen LogP contribution >= 0.6 is 15.9 Å². The summed E-state index contributed by atoms with van der Waals surface area (Å²) in [5.74, 6) is 0. The molecular weight excluding hydrogens is 338 g/mol. The summed E-state index contributed by atoms with van der Waals surface area (Å²) in [6, 6.07) is 10.8. The van der Waals surface area contributed by atoms with Crippen LogP contribution in [0.25, 0.3) is 0 Å². The summed E-state index contributed by atoms with van der Waals surface area (Å²) in [5, 5.41) is 0. The minimum atomic E-state index is -3.57. The van der Waals surface area contributed by atoms with Crippen molar-refractivity contribution in [3.63, 3.8) is 0 Å². The zero-order valence-electron chi connectivity index (χ0n) is 11.6. The average molecular weight is 354 g/mol. The lowest BCUT2D eigenvalue weighted by Gasteiger charge is -2.12. The largest absolute Gasteiger partial charge is 0.280 e. The van der Waals surface area contributed by atoms with E-state index in [1.165, 1.54) is 0 Å². The fourth-order valence-electron chi connectivity index (χ4n) is 1.86. The number of hydrogen-bond acceptors (Lipinski definition) is 2. The predicted octanol–water partition coefficient (Wildman–Crippen LogP) is 4.18. The maximum absolute atomic E-state index is 12.4. The highest BCUT2D eigenvalue weighted by atomic mass is 79.9. The minimum absolute atomic E-state index is 0.314. The van der Waals surface area contributed by atoms with E-state index in [4.69, 9.17) is 0 Å². The Bertz CT molecular complexity index is 754. The lowest BCUT2D eigenvalue weighted by atomic mass is 10.2. The molecular formula is C15H16BrNO2S. The highest BCUT2D eigenvalue weighted by molar-refractivity contribution is 9.10. The Kier molecular flexibility index (Phi) is 4.20. The molecule has 0 saturated carbocycles. The molecule has 2 aromatic rings. The molecule has 3 nitrogen and oxygen atoms in total. The van der Waals surface area contributed by atoms with Crippen molar-refractivity contribution in [2.45, 2.75) is 25.7 Å². The smallest absolute Gasteiger partial charge is 0.262 e. The van der Waals surface area contributed by atoms with E-state index >= 15 is 0 Å². The third kappa shape index (κ3) is 3.22. The molecule has 0 fully saturated rings. The van der Waals surface area contributed by atoms with Crippen LogP contribution in [0.15, 0.2) is 45.8 Å². The van der Waals surface area contributed by atoms with Gasteiger partial charge in [-0.05, 0) is 55.7 Å². The van der Waals surface area contributed by atoms with E-state index in [1.807, 2.05) is 32.0 Å². The van der Waals surface area contributed by atoms with Crippen molar-refractivity contribution in [3.8, 4) is 0 Å². The van der Waals surface area contributed by atoms with E-state index in [1.54, 1.807) is 25.1 Å². The normalized spacial score (nSPS) is 11.4. The van der Waals surface area contributed by atoms with Crippen molar-refractivity contribution in [1.29, 1.82) is 0 Å². The molecule has 0 aromatic heterocycles. The van der Waals surface area contributed by atoms with Gasteiger partial charge < -0.3 is 0 Å². The SMILES string of the molecule is Cc1ccc(C)c(S(=O)(=O)Nc2ccc(C)c(Br)c2)c1. The van der Waals surface area contributed by atoms with Crippen LogP contribution in [0.5, 0.6) is 0 Å². The molecule has 1 N–H and O–H groups in total. The van der Waals surface area contributed by atoms with E-state index < -0.39 is 10.0 Å². The topological polar surface area (TPSA) is 46.2 Å². The molecule has 0 aliphatic carbocycles. The molecule has 106 valence electrons. The molecule has 0 aliphatic heterocycles. The molecule has 20 heavy (non-hydrogen) atoms. The Hall–Kier alpha value is -1.33. The molecule has 0 heterocycles. The lowest BCUT2D eigenvalue weighted by Crippen LogP contribution is -2.14. The first kappa shape index (κ1) is 15.1. The molecule has 0 unspecified atom stereocenters. The fraction of sp³-hybridized carbons (Fsp3) is 0.200. The van der Waals surface area contributed by atoms with Gasteiger partial charge in [0.1, 0.15) is 0 Å². The van der Waals surface area contributed by atoms with Crippen molar-refractivity contribution >= 4 is 31.6 Å². The Labute approximate surface area is 128 Å². The van der Waals surface area contributed by atoms with Gasteiger partial charge in [0.15, 0.2) is 0 Å². The number of rotatable bonds is 3. The Morgan fingerprint density at radius 1 is 0.950 bits per heavy atom. The quantitative estimate of drug-likeness (QED) is 0.899. The molecule has 0 amide bonds. The summed E-state index contributed by atoms with van der Waals surface area (Å²) in [5.41, 5.74) is 3.25. The van der Waals surface area contributed by atoms with Gasteiger partial charge in [-0.1, -0.05) is 34.1 Å². The average Bonchev–Trinajstić information content (AvgIpc) is 2.36. The monoisotopic (exact) mass is 353 g/mol. The third-order valence-electron chi connectivity index (χ3n) is 3.06. The van der Waals surface area contributed by atoms with Crippen LogP contribution in [0.1, 0.15) is 16.7 Å². The van der Waals surface area contributed by atoms with E-state index in [9.17, 15) is 8.42 Å². The molecule has 0 bridgehead atoms. The summed E-state index contributed by atoms with van der Waals surface area (Å²) >= 11 is 3.40. The van der Waals surface area contributed by atoms with Crippen molar-refractivity contribution < 1.29 is 8.42 Å². The van der Waals surface area contributed by atoms with Crippen molar-refractivity contribution in [3.05, 3.63) is 57.6 Å². The lowest BCUT2D eigenvalue weighted by molar-refractivity contribution is 0.600. The first-order valence-corrected chi connectivity index (χ1v) is 8.43. The van der Waals surface area contributed by atoms with Crippen molar-refractivity contribution in [2.24, 2.45) is 0 Å². The van der Waals surface area contributed by atoms with Gasteiger partial charge in [-0.3, -0.25) is 4.72 Å². The number of hydrogen-bond donors (Lipinski definition) is 1. The van der Waals surface area contributed by atoms with Gasteiger partial charge in [-0.2, -0.15) is 0 Å². The van der Waals surface area contributed by atoms with Crippen LogP contribution < -0.4 is 4.72 Å². The van der Waals surface area contributed by atoms with Gasteiger partial charge >= 0.3 is 0 Å². The number of nitrogens with one attached hydrogen (secondary N) is 1.